The molecule has 33 heavy (non-hydrogen) atoms. The van der Waals surface area contributed by atoms with E-state index in [9.17, 15) is 4.79 Å². The second-order valence-corrected chi connectivity index (χ2v) is 8.84. The fourth-order valence-electron chi connectivity index (χ4n) is 3.33. The molecule has 0 aliphatic carbocycles. The van der Waals surface area contributed by atoms with Gasteiger partial charge in [0.2, 0.25) is 5.82 Å². The Bertz CT molecular complexity index is 1210. The number of rotatable bonds is 9. The normalized spacial score (nSPS) is 11.0. The summed E-state index contributed by atoms with van der Waals surface area (Å²) in [4.78, 5) is 12.6. The second-order valence-electron chi connectivity index (χ2n) is 7.90. The van der Waals surface area contributed by atoms with Crippen molar-refractivity contribution in [3.05, 3.63) is 96.3 Å². The second kappa shape index (κ2) is 10.4. The quantitative estimate of drug-likeness (QED) is 0.232. The van der Waals surface area contributed by atoms with Crippen LogP contribution in [0, 0.1) is 0 Å². The largest absolute Gasteiger partial charge is 0.461 e. The van der Waals surface area contributed by atoms with Gasteiger partial charge in [-0.2, -0.15) is 0 Å². The summed E-state index contributed by atoms with van der Waals surface area (Å²) in [6.07, 6.45) is 3.43. The van der Waals surface area contributed by atoms with Gasteiger partial charge in [-0.1, -0.05) is 56.0 Å². The van der Waals surface area contributed by atoms with Gasteiger partial charge in [-0.25, -0.2) is 0 Å². The molecule has 0 spiro atoms. The molecule has 0 saturated carbocycles. The minimum atomic E-state index is -0.125. The van der Waals surface area contributed by atoms with Crippen LogP contribution in [-0.2, 0) is 12.3 Å². The number of hydrogen-bond donors (Lipinski definition) is 1. The van der Waals surface area contributed by atoms with E-state index < -0.39 is 0 Å². The van der Waals surface area contributed by atoms with E-state index in [0.29, 0.717) is 35.4 Å². The Balaban J connectivity index is 1.39. The molecule has 168 valence electrons. The van der Waals surface area contributed by atoms with Gasteiger partial charge in [0.15, 0.2) is 10.9 Å². The highest BCUT2D eigenvalue weighted by Crippen LogP contribution is 2.27. The van der Waals surface area contributed by atoms with E-state index in [2.05, 4.69) is 35.9 Å². The van der Waals surface area contributed by atoms with E-state index >= 15 is 0 Å². The van der Waals surface area contributed by atoms with E-state index in [4.69, 9.17) is 4.42 Å². The van der Waals surface area contributed by atoms with Crippen molar-refractivity contribution < 1.29 is 9.21 Å². The van der Waals surface area contributed by atoms with Crippen LogP contribution >= 0.6 is 11.8 Å². The number of benzene rings is 2. The van der Waals surface area contributed by atoms with Gasteiger partial charge in [0.25, 0.3) is 5.91 Å². The van der Waals surface area contributed by atoms with Crippen LogP contribution in [-0.4, -0.2) is 20.7 Å². The number of allylic oxidation sites excluding steroid dienone is 1. The number of aromatic nitrogens is 3. The Labute approximate surface area is 197 Å². The molecule has 1 N–H and O–H groups in total. The number of hydrogen-bond acceptors (Lipinski definition) is 5. The number of nitrogens with one attached hydrogen (secondary N) is 1. The SMILES string of the molecule is C=CCn1c(SCc2ccc(C(=O)Nc3ccc(C(C)C)cc3)cc2)nnc1-c1ccco1. The number of amides is 1. The predicted molar refractivity (Wildman–Crippen MR) is 132 cm³/mol. The first-order chi connectivity index (χ1) is 16.0. The van der Waals surface area contributed by atoms with E-state index in [-0.39, 0.29) is 5.91 Å². The highest BCUT2D eigenvalue weighted by Gasteiger charge is 2.15. The lowest BCUT2D eigenvalue weighted by Gasteiger charge is -2.09. The minimum absolute atomic E-state index is 0.125. The highest BCUT2D eigenvalue weighted by atomic mass is 32.2. The van der Waals surface area contributed by atoms with Crippen LogP contribution in [0.25, 0.3) is 11.6 Å². The molecule has 0 atom stereocenters. The third kappa shape index (κ3) is 5.43. The van der Waals surface area contributed by atoms with Crippen molar-refractivity contribution in [2.45, 2.75) is 37.2 Å². The average molecular weight is 459 g/mol. The van der Waals surface area contributed by atoms with Gasteiger partial charge < -0.3 is 9.73 Å². The summed E-state index contributed by atoms with van der Waals surface area (Å²) in [6.45, 7) is 8.71. The summed E-state index contributed by atoms with van der Waals surface area (Å²) in [6, 6.07) is 19.3. The first-order valence-corrected chi connectivity index (χ1v) is 11.7. The maximum atomic E-state index is 12.6. The van der Waals surface area contributed by atoms with Crippen molar-refractivity contribution in [2.75, 3.05) is 5.32 Å². The zero-order valence-electron chi connectivity index (χ0n) is 18.7. The monoisotopic (exact) mass is 458 g/mol. The fraction of sp³-hybridized carbons (Fsp3) is 0.192. The molecule has 4 rings (SSSR count). The van der Waals surface area contributed by atoms with Crippen LogP contribution < -0.4 is 5.32 Å². The molecule has 0 aliphatic heterocycles. The molecular weight excluding hydrogens is 432 g/mol. The van der Waals surface area contributed by atoms with Crippen LogP contribution in [0.1, 0.15) is 41.3 Å². The number of carbonyl (C=O) groups is 1. The van der Waals surface area contributed by atoms with E-state index in [1.54, 1.807) is 18.0 Å². The smallest absolute Gasteiger partial charge is 0.255 e. The molecule has 0 radical (unpaired) electrons. The summed E-state index contributed by atoms with van der Waals surface area (Å²) < 4.78 is 7.45. The maximum Gasteiger partial charge on any atom is 0.255 e. The summed E-state index contributed by atoms with van der Waals surface area (Å²) in [7, 11) is 0. The Kier molecular flexibility index (Phi) is 7.10. The van der Waals surface area contributed by atoms with E-state index in [1.807, 2.05) is 71.3 Å². The van der Waals surface area contributed by atoms with Gasteiger partial charge in [-0.15, -0.1) is 16.8 Å². The molecule has 0 saturated heterocycles. The summed E-state index contributed by atoms with van der Waals surface area (Å²) in [5, 5.41) is 12.3. The van der Waals surface area contributed by atoms with Gasteiger partial charge in [-0.3, -0.25) is 9.36 Å². The number of carbonyl (C=O) groups excluding carboxylic acids is 1. The van der Waals surface area contributed by atoms with Crippen LogP contribution in [0.2, 0.25) is 0 Å². The van der Waals surface area contributed by atoms with Crippen LogP contribution in [0.5, 0.6) is 0 Å². The first kappa shape index (κ1) is 22.6. The number of thioether (sulfide) groups is 1. The van der Waals surface area contributed by atoms with Crippen molar-refractivity contribution >= 4 is 23.4 Å². The standard InChI is InChI=1S/C26H26N4O2S/c1-4-15-30-24(23-6-5-16-32-23)28-29-26(30)33-17-19-7-9-21(10-8-19)25(31)27-22-13-11-20(12-14-22)18(2)3/h4-14,16,18H,1,15,17H2,2-3H3,(H,27,31). The fourth-order valence-corrected chi connectivity index (χ4v) is 4.24. The maximum absolute atomic E-state index is 12.6. The molecule has 1 amide bonds. The Morgan fingerprint density at radius 1 is 1.12 bits per heavy atom. The molecule has 7 heteroatoms. The average Bonchev–Trinajstić information content (AvgIpc) is 3.49. The third-order valence-electron chi connectivity index (χ3n) is 5.19. The molecule has 6 nitrogen and oxygen atoms in total. The van der Waals surface area contributed by atoms with Gasteiger partial charge >= 0.3 is 0 Å². The topological polar surface area (TPSA) is 73.0 Å². The lowest BCUT2D eigenvalue weighted by Crippen LogP contribution is -2.11. The van der Waals surface area contributed by atoms with Crippen LogP contribution in [0.4, 0.5) is 5.69 Å². The molecule has 0 bridgehead atoms. The summed E-state index contributed by atoms with van der Waals surface area (Å²) in [5.74, 6) is 2.38. The van der Waals surface area contributed by atoms with Crippen LogP contribution in [0.3, 0.4) is 0 Å². The highest BCUT2D eigenvalue weighted by molar-refractivity contribution is 7.98. The van der Waals surface area contributed by atoms with Gasteiger partial charge in [0.1, 0.15) is 0 Å². The van der Waals surface area contributed by atoms with E-state index in [1.165, 1.54) is 5.56 Å². The molecule has 2 aromatic heterocycles. The Morgan fingerprint density at radius 3 is 2.52 bits per heavy atom. The molecule has 0 aliphatic rings. The van der Waals surface area contributed by atoms with Crippen LogP contribution in [0.15, 0.2) is 89.2 Å². The number of furan rings is 1. The molecule has 2 aromatic carbocycles. The zero-order chi connectivity index (χ0) is 23.2. The van der Waals surface area contributed by atoms with Gasteiger partial charge in [-0.05, 0) is 53.4 Å². The van der Waals surface area contributed by atoms with Crippen molar-refractivity contribution in [1.29, 1.82) is 0 Å². The molecule has 2 heterocycles. The van der Waals surface area contributed by atoms with Gasteiger partial charge in [0.05, 0.1) is 6.26 Å². The molecule has 0 fully saturated rings. The van der Waals surface area contributed by atoms with Crippen molar-refractivity contribution in [3.8, 4) is 11.6 Å². The molecule has 0 unspecified atom stereocenters. The lowest BCUT2D eigenvalue weighted by molar-refractivity contribution is 0.102. The molecular formula is C26H26N4O2S. The van der Waals surface area contributed by atoms with Crippen molar-refractivity contribution in [3.63, 3.8) is 0 Å². The molecule has 4 aromatic rings. The number of anilines is 1. The Morgan fingerprint density at radius 2 is 1.88 bits per heavy atom. The predicted octanol–water partition coefficient (Wildman–Crippen LogP) is 6.39. The lowest BCUT2D eigenvalue weighted by atomic mass is 10.0. The third-order valence-corrected chi connectivity index (χ3v) is 6.23. The van der Waals surface area contributed by atoms with Crippen molar-refractivity contribution in [2.24, 2.45) is 0 Å². The number of nitrogens with zero attached hydrogens (tertiary/aromatic N) is 3. The summed E-state index contributed by atoms with van der Waals surface area (Å²) in [5.41, 5.74) is 3.74. The van der Waals surface area contributed by atoms with Gasteiger partial charge in [0, 0.05) is 23.5 Å². The summed E-state index contributed by atoms with van der Waals surface area (Å²) >= 11 is 1.58. The minimum Gasteiger partial charge on any atom is -0.461 e. The zero-order valence-corrected chi connectivity index (χ0v) is 19.5. The van der Waals surface area contributed by atoms with Crippen molar-refractivity contribution in [1.82, 2.24) is 14.8 Å². The Hall–Kier alpha value is -3.58. The van der Waals surface area contributed by atoms with E-state index in [0.717, 1.165) is 16.4 Å². The first-order valence-electron chi connectivity index (χ1n) is 10.8.